The van der Waals surface area contributed by atoms with E-state index in [1.807, 2.05) is 6.07 Å². The van der Waals surface area contributed by atoms with E-state index in [9.17, 15) is 10.2 Å². The minimum absolute atomic E-state index is 0.0840. The van der Waals surface area contributed by atoms with Crippen LogP contribution in [0.5, 0.6) is 11.5 Å². The molecular weight excluding hydrogens is 212 g/mol. The first-order valence-corrected chi connectivity index (χ1v) is 4.82. The van der Waals surface area contributed by atoms with Gasteiger partial charge in [0.05, 0.1) is 0 Å². The summed E-state index contributed by atoms with van der Waals surface area (Å²) in [7, 11) is 0. The van der Waals surface area contributed by atoms with Crippen molar-refractivity contribution in [1.82, 2.24) is 0 Å². The van der Waals surface area contributed by atoms with Gasteiger partial charge in [0.25, 0.3) is 0 Å². The lowest BCUT2D eigenvalue weighted by atomic mass is 10.0. The van der Waals surface area contributed by atoms with Crippen LogP contribution in [0.4, 0.5) is 0 Å². The molecule has 2 aromatic rings. The molecule has 15 heavy (non-hydrogen) atoms. The first kappa shape index (κ1) is 9.87. The highest BCUT2D eigenvalue weighted by Gasteiger charge is 2.05. The molecule has 0 bridgehead atoms. The highest BCUT2D eigenvalue weighted by atomic mass is 35.5. The van der Waals surface area contributed by atoms with Crippen molar-refractivity contribution in [3.8, 4) is 22.6 Å². The predicted octanol–water partition coefficient (Wildman–Crippen LogP) is 3.42. The standard InChI is InChI=1S/C12H9ClO2/c13-9-5-8(6-10(14)7-9)11-3-1-2-4-12(11)15/h1-7,14-15H. The third-order valence-electron chi connectivity index (χ3n) is 2.10. The van der Waals surface area contributed by atoms with E-state index in [4.69, 9.17) is 11.6 Å². The summed E-state index contributed by atoms with van der Waals surface area (Å²) in [6.07, 6.45) is 0. The van der Waals surface area contributed by atoms with Crippen molar-refractivity contribution in [2.75, 3.05) is 0 Å². The minimum atomic E-state index is 0.0840. The average Bonchev–Trinajstić information content (AvgIpc) is 2.16. The van der Waals surface area contributed by atoms with Gasteiger partial charge < -0.3 is 10.2 Å². The van der Waals surface area contributed by atoms with Gasteiger partial charge in [-0.1, -0.05) is 29.8 Å². The molecule has 2 nitrogen and oxygen atoms in total. The van der Waals surface area contributed by atoms with E-state index in [1.54, 1.807) is 30.3 Å². The van der Waals surface area contributed by atoms with E-state index in [0.29, 0.717) is 16.1 Å². The van der Waals surface area contributed by atoms with Crippen molar-refractivity contribution in [1.29, 1.82) is 0 Å². The maximum Gasteiger partial charge on any atom is 0.123 e. The van der Waals surface area contributed by atoms with Crippen molar-refractivity contribution in [3.05, 3.63) is 47.5 Å². The fraction of sp³-hybridized carbons (Fsp3) is 0. The summed E-state index contributed by atoms with van der Waals surface area (Å²) in [5.41, 5.74) is 1.34. The Bertz CT molecular complexity index is 474. The molecule has 0 aliphatic carbocycles. The molecule has 2 N–H and O–H groups in total. The molecular formula is C12H9ClO2. The summed E-state index contributed by atoms with van der Waals surface area (Å²) in [6.45, 7) is 0. The van der Waals surface area contributed by atoms with Crippen molar-refractivity contribution >= 4 is 11.6 Å². The van der Waals surface area contributed by atoms with Gasteiger partial charge in [-0.3, -0.25) is 0 Å². The minimum Gasteiger partial charge on any atom is -0.508 e. The zero-order chi connectivity index (χ0) is 10.8. The second kappa shape index (κ2) is 3.83. The number of phenolic OH excluding ortho intramolecular Hbond substituents is 2. The van der Waals surface area contributed by atoms with Gasteiger partial charge in [-0.05, 0) is 29.8 Å². The lowest BCUT2D eigenvalue weighted by Crippen LogP contribution is -1.79. The Morgan fingerprint density at radius 2 is 1.67 bits per heavy atom. The van der Waals surface area contributed by atoms with Gasteiger partial charge >= 0.3 is 0 Å². The Hall–Kier alpha value is -1.67. The zero-order valence-electron chi connectivity index (χ0n) is 7.81. The van der Waals surface area contributed by atoms with Gasteiger partial charge in [0.15, 0.2) is 0 Å². The molecule has 0 heterocycles. The Morgan fingerprint density at radius 1 is 0.933 bits per heavy atom. The van der Waals surface area contributed by atoms with Crippen LogP contribution in [0.1, 0.15) is 0 Å². The van der Waals surface area contributed by atoms with Gasteiger partial charge in [-0.2, -0.15) is 0 Å². The van der Waals surface area contributed by atoms with E-state index in [2.05, 4.69) is 0 Å². The molecule has 76 valence electrons. The van der Waals surface area contributed by atoms with Crippen LogP contribution in [0.2, 0.25) is 5.02 Å². The first-order valence-electron chi connectivity index (χ1n) is 4.45. The number of hydrogen-bond acceptors (Lipinski definition) is 2. The summed E-state index contributed by atoms with van der Waals surface area (Å²) in [5.74, 6) is 0.250. The number of phenols is 2. The molecule has 0 unspecified atom stereocenters. The summed E-state index contributed by atoms with van der Waals surface area (Å²) in [5, 5.41) is 19.4. The molecule has 0 radical (unpaired) electrons. The van der Waals surface area contributed by atoms with Crippen molar-refractivity contribution in [2.45, 2.75) is 0 Å². The summed E-state index contributed by atoms with van der Waals surface area (Å²) < 4.78 is 0. The fourth-order valence-electron chi connectivity index (χ4n) is 1.45. The number of benzene rings is 2. The molecule has 0 saturated heterocycles. The number of halogens is 1. The molecule has 0 saturated carbocycles. The van der Waals surface area contributed by atoms with Crippen LogP contribution in [0.3, 0.4) is 0 Å². The molecule has 0 aliphatic rings. The monoisotopic (exact) mass is 220 g/mol. The topological polar surface area (TPSA) is 40.5 Å². The largest absolute Gasteiger partial charge is 0.508 e. The van der Waals surface area contributed by atoms with Crippen molar-refractivity contribution < 1.29 is 10.2 Å². The molecule has 2 rings (SSSR count). The van der Waals surface area contributed by atoms with Gasteiger partial charge in [-0.15, -0.1) is 0 Å². The second-order valence-electron chi connectivity index (χ2n) is 3.22. The fourth-order valence-corrected chi connectivity index (χ4v) is 1.68. The lowest BCUT2D eigenvalue weighted by Gasteiger charge is -2.05. The van der Waals surface area contributed by atoms with Crippen LogP contribution in [0, 0.1) is 0 Å². The summed E-state index contributed by atoms with van der Waals surface area (Å²) in [4.78, 5) is 0. The highest BCUT2D eigenvalue weighted by molar-refractivity contribution is 6.31. The Balaban J connectivity index is 2.59. The normalized spacial score (nSPS) is 10.2. The first-order chi connectivity index (χ1) is 7.16. The molecule has 0 spiro atoms. The maximum absolute atomic E-state index is 9.62. The Kier molecular flexibility index (Phi) is 2.52. The molecule has 0 fully saturated rings. The summed E-state index contributed by atoms with van der Waals surface area (Å²) in [6, 6.07) is 11.6. The van der Waals surface area contributed by atoms with Crippen LogP contribution < -0.4 is 0 Å². The highest BCUT2D eigenvalue weighted by Crippen LogP contribution is 2.32. The van der Waals surface area contributed by atoms with Crippen molar-refractivity contribution in [2.24, 2.45) is 0 Å². The quantitative estimate of drug-likeness (QED) is 0.773. The van der Waals surface area contributed by atoms with Gasteiger partial charge in [-0.25, -0.2) is 0 Å². The Morgan fingerprint density at radius 3 is 2.33 bits per heavy atom. The second-order valence-corrected chi connectivity index (χ2v) is 3.65. The van der Waals surface area contributed by atoms with E-state index in [-0.39, 0.29) is 11.5 Å². The molecule has 2 aromatic carbocycles. The van der Waals surface area contributed by atoms with E-state index < -0.39 is 0 Å². The van der Waals surface area contributed by atoms with Crippen LogP contribution in [0.15, 0.2) is 42.5 Å². The van der Waals surface area contributed by atoms with E-state index in [1.165, 1.54) is 6.07 Å². The predicted molar refractivity (Wildman–Crippen MR) is 60.2 cm³/mol. The van der Waals surface area contributed by atoms with Crippen LogP contribution in [0.25, 0.3) is 11.1 Å². The van der Waals surface area contributed by atoms with Crippen LogP contribution in [-0.4, -0.2) is 10.2 Å². The number of para-hydroxylation sites is 1. The number of hydrogen-bond donors (Lipinski definition) is 2. The van der Waals surface area contributed by atoms with E-state index in [0.717, 1.165) is 0 Å². The van der Waals surface area contributed by atoms with Gasteiger partial charge in [0, 0.05) is 10.6 Å². The lowest BCUT2D eigenvalue weighted by molar-refractivity contribution is 0.474. The molecule has 0 amide bonds. The Labute approximate surface area is 92.4 Å². The van der Waals surface area contributed by atoms with Gasteiger partial charge in [0.2, 0.25) is 0 Å². The van der Waals surface area contributed by atoms with E-state index >= 15 is 0 Å². The third kappa shape index (κ3) is 2.05. The maximum atomic E-state index is 9.62. The third-order valence-corrected chi connectivity index (χ3v) is 2.32. The summed E-state index contributed by atoms with van der Waals surface area (Å²) >= 11 is 5.81. The number of aromatic hydroxyl groups is 2. The smallest absolute Gasteiger partial charge is 0.123 e. The molecule has 0 atom stereocenters. The van der Waals surface area contributed by atoms with Crippen LogP contribution in [-0.2, 0) is 0 Å². The zero-order valence-corrected chi connectivity index (χ0v) is 8.57. The molecule has 0 aromatic heterocycles. The van der Waals surface area contributed by atoms with Gasteiger partial charge in [0.1, 0.15) is 11.5 Å². The molecule has 0 aliphatic heterocycles. The van der Waals surface area contributed by atoms with Crippen molar-refractivity contribution in [3.63, 3.8) is 0 Å². The average molecular weight is 221 g/mol. The van der Waals surface area contributed by atoms with Crippen LogP contribution >= 0.6 is 11.6 Å². The number of rotatable bonds is 1. The molecule has 3 heteroatoms. The SMILES string of the molecule is Oc1cc(Cl)cc(-c2ccccc2O)c1.